The predicted octanol–water partition coefficient (Wildman–Crippen LogP) is 3.84. The van der Waals surface area contributed by atoms with Crippen molar-refractivity contribution in [2.75, 3.05) is 18.2 Å². The molecule has 0 unspecified atom stereocenters. The van der Waals surface area contributed by atoms with E-state index in [2.05, 4.69) is 24.0 Å². The summed E-state index contributed by atoms with van der Waals surface area (Å²) < 4.78 is 13.5. The maximum atomic E-state index is 6.23. The molecular weight excluding hydrogens is 335 g/mol. The lowest BCUT2D eigenvalue weighted by Gasteiger charge is -2.14. The lowest BCUT2D eigenvalue weighted by Crippen LogP contribution is -2.03. The Balaban J connectivity index is 2.11. The maximum absolute atomic E-state index is 6.23. The fraction of sp³-hybridized carbons (Fsp3) is 0.0909. The smallest absolute Gasteiger partial charge is 0.204 e. The molecule has 0 saturated heterocycles. The monoisotopic (exact) mass is 342 g/mol. The van der Waals surface area contributed by atoms with Gasteiger partial charge in [-0.05, 0) is 6.07 Å². The van der Waals surface area contributed by atoms with Crippen molar-refractivity contribution in [2.45, 2.75) is 0 Å². The molecule has 0 amide bonds. The molecule has 0 saturated carbocycles. The number of halogens is 2. The summed E-state index contributed by atoms with van der Waals surface area (Å²) in [7, 11) is 1.48. The second-order valence-corrected chi connectivity index (χ2v) is 5.29. The highest BCUT2D eigenvalue weighted by atomic mass is 35.5. The molecule has 0 aliphatic carbocycles. The molecule has 1 aliphatic heterocycles. The Labute approximate surface area is 133 Å². The van der Waals surface area contributed by atoms with Gasteiger partial charge in [-0.25, -0.2) is 9.97 Å². The highest BCUT2D eigenvalue weighted by molar-refractivity contribution is 7.58. The number of fused-ring (bicyclic) bond motifs is 1. The first-order valence-corrected chi connectivity index (χ1v) is 7.12. The minimum atomic E-state index is 0.215. The third-order valence-corrected chi connectivity index (χ3v) is 3.84. The van der Waals surface area contributed by atoms with Crippen molar-refractivity contribution in [2.24, 2.45) is 8.73 Å². The van der Waals surface area contributed by atoms with Crippen LogP contribution >= 0.6 is 23.2 Å². The first-order chi connectivity index (χ1) is 10.1. The van der Waals surface area contributed by atoms with E-state index in [1.165, 1.54) is 13.4 Å². The Hall–Kier alpha value is -1.90. The number of nitrogens with one attached hydrogen (secondary N) is 1. The van der Waals surface area contributed by atoms with Gasteiger partial charge in [-0.1, -0.05) is 23.2 Å². The molecule has 21 heavy (non-hydrogen) atoms. The Morgan fingerprint density at radius 1 is 1.19 bits per heavy atom. The van der Waals surface area contributed by atoms with Crippen molar-refractivity contribution in [3.63, 3.8) is 0 Å². The van der Waals surface area contributed by atoms with Gasteiger partial charge in [0.25, 0.3) is 0 Å². The lowest BCUT2D eigenvalue weighted by molar-refractivity contribution is 0.415. The molecule has 0 radical (unpaired) electrons. The number of methoxy groups -OCH3 is 1. The van der Waals surface area contributed by atoms with Gasteiger partial charge in [0.2, 0.25) is 5.75 Å². The van der Waals surface area contributed by atoms with Crippen LogP contribution in [0.2, 0.25) is 10.0 Å². The van der Waals surface area contributed by atoms with Crippen LogP contribution in [0, 0.1) is 0 Å². The zero-order valence-electron chi connectivity index (χ0n) is 10.6. The van der Waals surface area contributed by atoms with E-state index >= 15 is 0 Å². The van der Waals surface area contributed by atoms with Crippen LogP contribution in [-0.2, 0) is 11.4 Å². The maximum Gasteiger partial charge on any atom is 0.204 e. The van der Waals surface area contributed by atoms with Crippen LogP contribution in [0.5, 0.6) is 5.75 Å². The van der Waals surface area contributed by atoms with Crippen molar-refractivity contribution in [3.05, 3.63) is 22.4 Å². The second kappa shape index (κ2) is 5.47. The first kappa shape index (κ1) is 14.1. The fourth-order valence-electron chi connectivity index (χ4n) is 1.79. The van der Waals surface area contributed by atoms with Crippen molar-refractivity contribution in [1.82, 2.24) is 9.97 Å². The highest BCUT2D eigenvalue weighted by Gasteiger charge is 2.20. The van der Waals surface area contributed by atoms with Gasteiger partial charge < -0.3 is 15.8 Å². The Kier molecular flexibility index (Phi) is 3.66. The van der Waals surface area contributed by atoms with Gasteiger partial charge in [-0.2, -0.15) is 8.73 Å². The molecule has 1 aliphatic rings. The number of hydrogen-bond acceptors (Lipinski definition) is 7. The number of nitrogens with two attached hydrogens (primary N) is 1. The van der Waals surface area contributed by atoms with Gasteiger partial charge in [0, 0.05) is 0 Å². The molecule has 3 N–H and O–H groups in total. The van der Waals surface area contributed by atoms with E-state index in [1.807, 2.05) is 0 Å². The number of rotatable bonds is 3. The second-order valence-electron chi connectivity index (χ2n) is 3.94. The van der Waals surface area contributed by atoms with Gasteiger partial charge >= 0.3 is 0 Å². The molecule has 0 bridgehead atoms. The summed E-state index contributed by atoms with van der Waals surface area (Å²) in [6.45, 7) is 0. The van der Waals surface area contributed by atoms with Gasteiger partial charge in [0.1, 0.15) is 17.7 Å². The van der Waals surface area contributed by atoms with Crippen LogP contribution in [-0.4, -0.2) is 17.1 Å². The molecule has 0 atom stereocenters. The molecule has 1 aromatic heterocycles. The Morgan fingerprint density at radius 3 is 2.71 bits per heavy atom. The van der Waals surface area contributed by atoms with Crippen molar-refractivity contribution in [3.8, 4) is 5.75 Å². The summed E-state index contributed by atoms with van der Waals surface area (Å²) in [6, 6.07) is 1.59. The van der Waals surface area contributed by atoms with Gasteiger partial charge in [-0.15, -0.1) is 0 Å². The predicted molar refractivity (Wildman–Crippen MR) is 84.3 cm³/mol. The average Bonchev–Trinajstić information content (AvgIpc) is 2.93. The number of benzene rings is 1. The molecule has 2 heterocycles. The summed E-state index contributed by atoms with van der Waals surface area (Å²) in [5.41, 5.74) is 7.39. The van der Waals surface area contributed by atoms with Crippen LogP contribution < -0.4 is 15.8 Å². The molecule has 0 fully saturated rings. The molecule has 0 spiro atoms. The minimum absolute atomic E-state index is 0.215. The van der Waals surface area contributed by atoms with E-state index in [1.54, 1.807) is 6.07 Å². The van der Waals surface area contributed by atoms with E-state index in [0.29, 0.717) is 38.7 Å². The summed E-state index contributed by atoms with van der Waals surface area (Å²) in [6.07, 6.45) is 1.32. The van der Waals surface area contributed by atoms with E-state index in [4.69, 9.17) is 33.7 Å². The number of anilines is 3. The molecule has 3 rings (SSSR count). The fourth-order valence-corrected chi connectivity index (χ4v) is 2.95. The SMILES string of the molecule is COc1c(N)ncnc1Nc1c(Cl)cc(Cl)c2c1N=S=N2. The molecule has 108 valence electrons. The van der Waals surface area contributed by atoms with Crippen LogP contribution in [0.25, 0.3) is 0 Å². The van der Waals surface area contributed by atoms with Crippen molar-refractivity contribution < 1.29 is 4.74 Å². The molecule has 1 aromatic carbocycles. The first-order valence-electron chi connectivity index (χ1n) is 5.63. The van der Waals surface area contributed by atoms with Crippen LogP contribution in [0.1, 0.15) is 0 Å². The summed E-state index contributed by atoms with van der Waals surface area (Å²) in [5.74, 6) is 0.913. The quantitative estimate of drug-likeness (QED) is 0.753. The number of hydrogen-bond donors (Lipinski definition) is 2. The van der Waals surface area contributed by atoms with E-state index in [0.717, 1.165) is 11.4 Å². The third kappa shape index (κ3) is 2.41. The van der Waals surface area contributed by atoms with Crippen LogP contribution in [0.15, 0.2) is 21.1 Å². The van der Waals surface area contributed by atoms with Crippen LogP contribution in [0.3, 0.4) is 0 Å². The Morgan fingerprint density at radius 2 is 1.95 bits per heavy atom. The zero-order chi connectivity index (χ0) is 15.0. The standard InChI is InChI=1S/C11H8Cl2N6OS/c1-20-9-10(14)15-3-16-11(9)17-6-4(12)2-5(13)7-8(6)19-21-18-7/h2-3H,1H3,(H3,14,15,16,17). The third-order valence-electron chi connectivity index (χ3n) is 2.72. The molecule has 2 aromatic rings. The van der Waals surface area contributed by atoms with Gasteiger partial charge in [0.15, 0.2) is 11.6 Å². The molecular formula is C11H8Cl2N6OS. The summed E-state index contributed by atoms with van der Waals surface area (Å²) in [5, 5.41) is 3.87. The van der Waals surface area contributed by atoms with E-state index < -0.39 is 0 Å². The molecule has 10 heteroatoms. The van der Waals surface area contributed by atoms with Crippen LogP contribution in [0.4, 0.5) is 28.7 Å². The number of ether oxygens (including phenoxy) is 1. The van der Waals surface area contributed by atoms with Crippen molar-refractivity contribution in [1.29, 1.82) is 0 Å². The zero-order valence-corrected chi connectivity index (χ0v) is 12.9. The number of nitrogens with zero attached hydrogens (tertiary/aromatic N) is 4. The van der Waals surface area contributed by atoms with E-state index in [-0.39, 0.29) is 5.82 Å². The highest BCUT2D eigenvalue weighted by Crippen LogP contribution is 2.49. The summed E-state index contributed by atoms with van der Waals surface area (Å²) in [4.78, 5) is 7.96. The number of nitrogen functional groups attached to an aromatic ring is 1. The van der Waals surface area contributed by atoms with E-state index in [9.17, 15) is 0 Å². The number of aromatic nitrogens is 2. The minimum Gasteiger partial charge on any atom is -0.490 e. The normalized spacial score (nSPS) is 12.0. The largest absolute Gasteiger partial charge is 0.490 e. The van der Waals surface area contributed by atoms with Gasteiger partial charge in [-0.3, -0.25) is 0 Å². The van der Waals surface area contributed by atoms with Crippen molar-refractivity contribution >= 4 is 63.3 Å². The topological polar surface area (TPSA) is 97.8 Å². The average molecular weight is 343 g/mol. The lowest BCUT2D eigenvalue weighted by atomic mass is 10.2. The Bertz CT molecular complexity index is 806. The molecule has 7 nitrogen and oxygen atoms in total. The summed E-state index contributed by atoms with van der Waals surface area (Å²) >= 11 is 13.4. The van der Waals surface area contributed by atoms with Gasteiger partial charge in [0.05, 0.1) is 34.2 Å².